The Balaban J connectivity index is 2.13. The molecule has 13 heavy (non-hydrogen) atoms. The van der Waals surface area contributed by atoms with Crippen molar-refractivity contribution in [3.63, 3.8) is 0 Å². The third-order valence-corrected chi connectivity index (χ3v) is 2.03. The van der Waals surface area contributed by atoms with E-state index in [1.807, 2.05) is 18.3 Å². The van der Waals surface area contributed by atoms with Crippen molar-refractivity contribution in [1.82, 2.24) is 10.3 Å². The highest BCUT2D eigenvalue weighted by atomic mass is 16.5. The average Bonchev–Trinajstić information content (AvgIpc) is 2.71. The molecule has 0 aliphatic carbocycles. The van der Waals surface area contributed by atoms with E-state index in [1.54, 1.807) is 13.4 Å². The van der Waals surface area contributed by atoms with Gasteiger partial charge in [-0.05, 0) is 11.6 Å². The first-order valence-corrected chi connectivity index (χ1v) is 4.14. The molecule has 2 heterocycles. The summed E-state index contributed by atoms with van der Waals surface area (Å²) < 4.78 is 4.97. The highest BCUT2D eigenvalue weighted by Gasteiger charge is 2.12. The largest absolute Gasteiger partial charge is 0.481 e. The predicted molar refractivity (Wildman–Crippen MR) is 50.0 cm³/mol. The molecule has 4 heteroatoms. The van der Waals surface area contributed by atoms with Crippen molar-refractivity contribution in [2.75, 3.05) is 13.7 Å². The van der Waals surface area contributed by atoms with Crippen molar-refractivity contribution < 1.29 is 4.74 Å². The van der Waals surface area contributed by atoms with Crippen LogP contribution in [0, 0.1) is 0 Å². The first kappa shape index (κ1) is 8.04. The summed E-state index contributed by atoms with van der Waals surface area (Å²) in [4.78, 5) is 8.21. The van der Waals surface area contributed by atoms with Gasteiger partial charge >= 0.3 is 0 Å². The summed E-state index contributed by atoms with van der Waals surface area (Å²) in [5, 5.41) is 3.14. The first-order chi connectivity index (χ1) is 6.40. The van der Waals surface area contributed by atoms with E-state index in [-0.39, 0.29) is 6.04 Å². The molecule has 1 aromatic heterocycles. The van der Waals surface area contributed by atoms with Crippen LogP contribution in [0.2, 0.25) is 0 Å². The number of hydrogen-bond acceptors (Lipinski definition) is 4. The summed E-state index contributed by atoms with van der Waals surface area (Å²) in [6, 6.07) is 4.13. The standard InChI is InChI=1S/C9H11N3O/c1-13-9-3-2-7(4-11-9)8-5-10-6-12-8/h2-4,6,8H,5H2,1H3,(H,10,12). The summed E-state index contributed by atoms with van der Waals surface area (Å²) in [5.74, 6) is 0.641. The van der Waals surface area contributed by atoms with Crippen molar-refractivity contribution in [2.45, 2.75) is 6.04 Å². The fourth-order valence-electron chi connectivity index (χ4n) is 1.27. The molecule has 0 aromatic carbocycles. The van der Waals surface area contributed by atoms with Gasteiger partial charge < -0.3 is 10.1 Å². The first-order valence-electron chi connectivity index (χ1n) is 4.14. The van der Waals surface area contributed by atoms with Gasteiger partial charge in [-0.2, -0.15) is 0 Å². The second-order valence-electron chi connectivity index (χ2n) is 2.85. The van der Waals surface area contributed by atoms with Gasteiger partial charge in [0.2, 0.25) is 5.88 Å². The molecule has 2 rings (SSSR count). The zero-order valence-corrected chi connectivity index (χ0v) is 7.40. The lowest BCUT2D eigenvalue weighted by Crippen LogP contribution is -2.15. The minimum absolute atomic E-state index is 0.276. The third-order valence-electron chi connectivity index (χ3n) is 2.03. The topological polar surface area (TPSA) is 46.5 Å². The van der Waals surface area contributed by atoms with Crippen LogP contribution in [0.5, 0.6) is 5.88 Å². The summed E-state index contributed by atoms with van der Waals surface area (Å²) in [6.07, 6.45) is 3.54. The Hall–Kier alpha value is -1.58. The second-order valence-corrected chi connectivity index (χ2v) is 2.85. The van der Waals surface area contributed by atoms with Crippen LogP contribution < -0.4 is 10.1 Å². The Morgan fingerprint density at radius 1 is 1.54 bits per heavy atom. The molecule has 1 N–H and O–H groups in total. The van der Waals surface area contributed by atoms with Crippen LogP contribution in [0.4, 0.5) is 0 Å². The van der Waals surface area contributed by atoms with Crippen LogP contribution in [0.25, 0.3) is 0 Å². The van der Waals surface area contributed by atoms with Crippen LogP contribution in [-0.4, -0.2) is 25.0 Å². The maximum atomic E-state index is 4.97. The molecular weight excluding hydrogens is 166 g/mol. The van der Waals surface area contributed by atoms with Crippen LogP contribution in [0.15, 0.2) is 23.3 Å². The molecule has 1 atom stereocenters. The molecule has 68 valence electrons. The van der Waals surface area contributed by atoms with Crippen molar-refractivity contribution in [1.29, 1.82) is 0 Å². The van der Waals surface area contributed by atoms with Crippen LogP contribution >= 0.6 is 0 Å². The van der Waals surface area contributed by atoms with Gasteiger partial charge in [0.15, 0.2) is 0 Å². The van der Waals surface area contributed by atoms with Gasteiger partial charge in [-0.25, -0.2) is 4.98 Å². The Morgan fingerprint density at radius 3 is 3.00 bits per heavy atom. The fourth-order valence-corrected chi connectivity index (χ4v) is 1.27. The molecule has 0 saturated heterocycles. The molecule has 1 aliphatic heterocycles. The van der Waals surface area contributed by atoms with Gasteiger partial charge in [-0.1, -0.05) is 0 Å². The number of rotatable bonds is 2. The van der Waals surface area contributed by atoms with Gasteiger partial charge in [0.05, 0.1) is 26.0 Å². The number of hydrogen-bond donors (Lipinski definition) is 1. The summed E-state index contributed by atoms with van der Waals surface area (Å²) in [6.45, 7) is 0.786. The maximum Gasteiger partial charge on any atom is 0.212 e. The van der Waals surface area contributed by atoms with E-state index in [9.17, 15) is 0 Å². The monoisotopic (exact) mass is 177 g/mol. The second kappa shape index (κ2) is 3.43. The zero-order chi connectivity index (χ0) is 9.10. The highest BCUT2D eigenvalue weighted by Crippen LogP contribution is 2.16. The van der Waals surface area contributed by atoms with E-state index in [2.05, 4.69) is 15.3 Å². The van der Waals surface area contributed by atoms with Crippen molar-refractivity contribution in [2.24, 2.45) is 4.99 Å². The Kier molecular flexibility index (Phi) is 2.12. The predicted octanol–water partition coefficient (Wildman–Crippen LogP) is 0.763. The number of aromatic nitrogens is 1. The van der Waals surface area contributed by atoms with E-state index in [4.69, 9.17) is 4.74 Å². The van der Waals surface area contributed by atoms with Gasteiger partial charge in [0, 0.05) is 12.3 Å². The fraction of sp³-hybridized carbons (Fsp3) is 0.333. The van der Waals surface area contributed by atoms with Crippen LogP contribution in [0.1, 0.15) is 11.6 Å². The Labute approximate surface area is 76.7 Å². The number of nitrogens with zero attached hydrogens (tertiary/aromatic N) is 2. The Morgan fingerprint density at radius 2 is 2.46 bits per heavy atom. The maximum absolute atomic E-state index is 4.97. The molecule has 0 radical (unpaired) electrons. The van der Waals surface area contributed by atoms with E-state index >= 15 is 0 Å². The highest BCUT2D eigenvalue weighted by molar-refractivity contribution is 5.58. The van der Waals surface area contributed by atoms with Crippen molar-refractivity contribution in [3.05, 3.63) is 23.9 Å². The number of ether oxygens (including phenoxy) is 1. The van der Waals surface area contributed by atoms with E-state index in [0.717, 1.165) is 12.1 Å². The lowest BCUT2D eigenvalue weighted by molar-refractivity contribution is 0.397. The van der Waals surface area contributed by atoms with Gasteiger partial charge in [0.25, 0.3) is 0 Å². The smallest absolute Gasteiger partial charge is 0.212 e. The number of aliphatic imine (C=N–C) groups is 1. The summed E-state index contributed by atoms with van der Waals surface area (Å²) in [5.41, 5.74) is 1.14. The molecule has 0 saturated carbocycles. The zero-order valence-electron chi connectivity index (χ0n) is 7.40. The number of pyridine rings is 1. The van der Waals surface area contributed by atoms with Gasteiger partial charge in [0.1, 0.15) is 0 Å². The minimum Gasteiger partial charge on any atom is -0.481 e. The van der Waals surface area contributed by atoms with Gasteiger partial charge in [-0.15, -0.1) is 0 Å². The molecule has 0 fully saturated rings. The quantitative estimate of drug-likeness (QED) is 0.725. The minimum atomic E-state index is 0.276. The molecular formula is C9H11N3O. The van der Waals surface area contributed by atoms with E-state index < -0.39 is 0 Å². The lowest BCUT2D eigenvalue weighted by atomic mass is 10.1. The number of nitrogens with one attached hydrogen (secondary N) is 1. The van der Waals surface area contributed by atoms with Crippen LogP contribution in [0.3, 0.4) is 0 Å². The average molecular weight is 177 g/mol. The van der Waals surface area contributed by atoms with Crippen molar-refractivity contribution >= 4 is 6.34 Å². The van der Waals surface area contributed by atoms with Crippen LogP contribution in [-0.2, 0) is 0 Å². The van der Waals surface area contributed by atoms with E-state index in [1.165, 1.54) is 0 Å². The third kappa shape index (κ3) is 1.61. The lowest BCUT2D eigenvalue weighted by Gasteiger charge is -2.09. The summed E-state index contributed by atoms with van der Waals surface area (Å²) in [7, 11) is 1.61. The van der Waals surface area contributed by atoms with Crippen molar-refractivity contribution in [3.8, 4) is 5.88 Å². The molecule has 0 spiro atoms. The van der Waals surface area contributed by atoms with Gasteiger partial charge in [-0.3, -0.25) is 4.99 Å². The molecule has 1 aliphatic rings. The molecule has 0 bridgehead atoms. The molecule has 1 aromatic rings. The SMILES string of the molecule is COc1ccc(C2CN=CN2)cn1. The molecule has 1 unspecified atom stereocenters. The number of methoxy groups -OCH3 is 1. The molecule has 4 nitrogen and oxygen atoms in total. The molecule has 0 amide bonds. The van der Waals surface area contributed by atoms with E-state index in [0.29, 0.717) is 5.88 Å². The normalized spacial score (nSPS) is 19.9. The Bertz CT molecular complexity index is 299. The summed E-state index contributed by atoms with van der Waals surface area (Å²) >= 11 is 0.